The SMILES string of the molecule is CSc1ccc(-n2nc(C(F)(F)F)nc2-c2ccc(C(C)(C)C)cc2)cc1. The van der Waals surface area contributed by atoms with Gasteiger partial charge in [0.1, 0.15) is 0 Å². The van der Waals surface area contributed by atoms with Crippen LogP contribution in [0.4, 0.5) is 13.2 Å². The maximum atomic E-state index is 13.2. The lowest BCUT2D eigenvalue weighted by Gasteiger charge is -2.19. The summed E-state index contributed by atoms with van der Waals surface area (Å²) in [5.41, 5.74) is 2.17. The third kappa shape index (κ3) is 4.18. The van der Waals surface area contributed by atoms with Gasteiger partial charge in [-0.1, -0.05) is 45.0 Å². The zero-order chi connectivity index (χ0) is 19.8. The molecule has 3 aromatic rings. The highest BCUT2D eigenvalue weighted by Crippen LogP contribution is 2.32. The molecule has 2 aromatic carbocycles. The van der Waals surface area contributed by atoms with Gasteiger partial charge in [0.05, 0.1) is 5.69 Å². The predicted octanol–water partition coefficient (Wildman–Crippen LogP) is 5.97. The van der Waals surface area contributed by atoms with Crippen LogP contribution in [0, 0.1) is 0 Å². The maximum absolute atomic E-state index is 13.2. The second-order valence-corrected chi connectivity index (χ2v) is 8.07. The minimum Gasteiger partial charge on any atom is -0.213 e. The molecule has 1 aromatic heterocycles. The topological polar surface area (TPSA) is 30.7 Å². The molecular weight excluding hydrogens is 371 g/mol. The molecule has 0 aliphatic heterocycles. The van der Waals surface area contributed by atoms with Gasteiger partial charge in [-0.15, -0.1) is 16.9 Å². The van der Waals surface area contributed by atoms with Crippen molar-refractivity contribution in [2.24, 2.45) is 0 Å². The Balaban J connectivity index is 2.11. The minimum absolute atomic E-state index is 0.0447. The van der Waals surface area contributed by atoms with E-state index in [2.05, 4.69) is 30.9 Å². The Morgan fingerprint density at radius 3 is 1.96 bits per heavy atom. The van der Waals surface area contributed by atoms with Crippen molar-refractivity contribution >= 4 is 11.8 Å². The smallest absolute Gasteiger partial charge is 0.213 e. The van der Waals surface area contributed by atoms with Gasteiger partial charge >= 0.3 is 6.18 Å². The second-order valence-electron chi connectivity index (χ2n) is 7.19. The molecular formula is C20H20F3N3S. The summed E-state index contributed by atoms with van der Waals surface area (Å²) in [6.45, 7) is 6.25. The van der Waals surface area contributed by atoms with Crippen molar-refractivity contribution < 1.29 is 13.2 Å². The Labute approximate surface area is 160 Å². The highest BCUT2D eigenvalue weighted by molar-refractivity contribution is 7.98. The van der Waals surface area contributed by atoms with Crippen molar-refractivity contribution in [1.29, 1.82) is 0 Å². The molecule has 27 heavy (non-hydrogen) atoms. The van der Waals surface area contributed by atoms with Crippen molar-refractivity contribution in [2.45, 2.75) is 37.3 Å². The average Bonchev–Trinajstić information content (AvgIpc) is 3.07. The first kappa shape index (κ1) is 19.5. The fraction of sp³-hybridized carbons (Fsp3) is 0.300. The van der Waals surface area contributed by atoms with Crippen LogP contribution in [0.15, 0.2) is 53.4 Å². The number of thioether (sulfide) groups is 1. The van der Waals surface area contributed by atoms with Crippen LogP contribution in [-0.2, 0) is 11.6 Å². The molecule has 0 N–H and O–H groups in total. The van der Waals surface area contributed by atoms with Crippen LogP contribution >= 0.6 is 11.8 Å². The zero-order valence-corrected chi connectivity index (χ0v) is 16.3. The number of hydrogen-bond donors (Lipinski definition) is 0. The van der Waals surface area contributed by atoms with Gasteiger partial charge in [0, 0.05) is 10.5 Å². The Hall–Kier alpha value is -2.28. The third-order valence-corrected chi connectivity index (χ3v) is 4.93. The molecule has 0 amide bonds. The summed E-state index contributed by atoms with van der Waals surface area (Å²) >= 11 is 1.56. The lowest BCUT2D eigenvalue weighted by Crippen LogP contribution is -2.10. The Morgan fingerprint density at radius 2 is 1.48 bits per heavy atom. The standard InChI is InChI=1S/C20H20F3N3S/c1-19(2,3)14-7-5-13(6-8-14)17-24-18(20(21,22)23)25-26(17)15-9-11-16(27-4)12-10-15/h5-12H,1-4H3. The lowest BCUT2D eigenvalue weighted by atomic mass is 9.87. The first-order valence-electron chi connectivity index (χ1n) is 8.39. The van der Waals surface area contributed by atoms with Crippen LogP contribution in [0.5, 0.6) is 0 Å². The first-order chi connectivity index (χ1) is 12.6. The number of halogens is 3. The van der Waals surface area contributed by atoms with E-state index in [4.69, 9.17) is 0 Å². The van der Waals surface area contributed by atoms with Crippen molar-refractivity contribution in [3.63, 3.8) is 0 Å². The van der Waals surface area contributed by atoms with Crippen molar-refractivity contribution in [1.82, 2.24) is 14.8 Å². The fourth-order valence-electron chi connectivity index (χ4n) is 2.64. The molecule has 0 saturated carbocycles. The molecule has 0 radical (unpaired) electrons. The van der Waals surface area contributed by atoms with Crippen LogP contribution in [0.2, 0.25) is 0 Å². The van der Waals surface area contributed by atoms with Gasteiger partial charge in [-0.2, -0.15) is 13.2 Å². The van der Waals surface area contributed by atoms with Crippen molar-refractivity contribution in [3.8, 4) is 17.1 Å². The number of hydrogen-bond acceptors (Lipinski definition) is 3. The summed E-state index contributed by atoms with van der Waals surface area (Å²) < 4.78 is 40.9. The van der Waals surface area contributed by atoms with E-state index in [1.165, 1.54) is 4.68 Å². The van der Waals surface area contributed by atoms with E-state index in [0.29, 0.717) is 11.3 Å². The van der Waals surface area contributed by atoms with Gasteiger partial charge in [-0.3, -0.25) is 0 Å². The molecule has 0 unspecified atom stereocenters. The van der Waals surface area contributed by atoms with E-state index in [1.807, 2.05) is 30.5 Å². The molecule has 0 fully saturated rings. The van der Waals surface area contributed by atoms with Gasteiger partial charge in [0.25, 0.3) is 5.82 Å². The van der Waals surface area contributed by atoms with Gasteiger partial charge in [-0.05, 0) is 41.5 Å². The predicted molar refractivity (Wildman–Crippen MR) is 102 cm³/mol. The molecule has 0 spiro atoms. The Kier molecular flexibility index (Phi) is 5.08. The quantitative estimate of drug-likeness (QED) is 0.515. The van der Waals surface area contributed by atoms with Gasteiger partial charge < -0.3 is 0 Å². The monoisotopic (exact) mass is 391 g/mol. The van der Waals surface area contributed by atoms with Crippen molar-refractivity contribution in [3.05, 3.63) is 59.9 Å². The molecule has 7 heteroatoms. The van der Waals surface area contributed by atoms with Crippen LogP contribution in [-0.4, -0.2) is 21.0 Å². The molecule has 0 saturated heterocycles. The summed E-state index contributed by atoms with van der Waals surface area (Å²) in [5.74, 6) is -0.981. The molecule has 0 bridgehead atoms. The molecule has 142 valence electrons. The number of nitrogens with zero attached hydrogens (tertiary/aromatic N) is 3. The summed E-state index contributed by atoms with van der Waals surface area (Å²) in [5, 5.41) is 3.73. The van der Waals surface area contributed by atoms with Gasteiger partial charge in [0.15, 0.2) is 5.82 Å². The minimum atomic E-state index is -4.61. The van der Waals surface area contributed by atoms with E-state index < -0.39 is 12.0 Å². The molecule has 0 atom stereocenters. The van der Waals surface area contributed by atoms with Crippen molar-refractivity contribution in [2.75, 3.05) is 6.26 Å². The lowest BCUT2D eigenvalue weighted by molar-refractivity contribution is -0.144. The number of alkyl halides is 3. The summed E-state index contributed by atoms with van der Waals surface area (Å²) in [7, 11) is 0. The van der Waals surface area contributed by atoms with Gasteiger partial charge in [0.2, 0.25) is 0 Å². The third-order valence-electron chi connectivity index (χ3n) is 4.19. The van der Waals surface area contributed by atoms with E-state index >= 15 is 0 Å². The molecule has 0 aliphatic rings. The van der Waals surface area contributed by atoms with Crippen LogP contribution in [0.3, 0.4) is 0 Å². The Bertz CT molecular complexity index is 921. The largest absolute Gasteiger partial charge is 0.453 e. The number of rotatable bonds is 3. The number of benzene rings is 2. The molecule has 3 rings (SSSR count). The van der Waals surface area contributed by atoms with E-state index in [9.17, 15) is 13.2 Å². The van der Waals surface area contributed by atoms with E-state index in [0.717, 1.165) is 10.5 Å². The highest BCUT2D eigenvalue weighted by Gasteiger charge is 2.37. The first-order valence-corrected chi connectivity index (χ1v) is 9.61. The normalized spacial score (nSPS) is 12.4. The second kappa shape index (κ2) is 7.03. The number of aromatic nitrogens is 3. The van der Waals surface area contributed by atoms with Crippen LogP contribution in [0.25, 0.3) is 17.1 Å². The van der Waals surface area contributed by atoms with Gasteiger partial charge in [-0.25, -0.2) is 9.67 Å². The highest BCUT2D eigenvalue weighted by atomic mass is 32.2. The zero-order valence-electron chi connectivity index (χ0n) is 15.5. The molecule has 0 aliphatic carbocycles. The van der Waals surface area contributed by atoms with Crippen LogP contribution in [0.1, 0.15) is 32.2 Å². The van der Waals surface area contributed by atoms with E-state index in [-0.39, 0.29) is 11.2 Å². The average molecular weight is 391 g/mol. The molecule has 1 heterocycles. The fourth-order valence-corrected chi connectivity index (χ4v) is 3.05. The maximum Gasteiger partial charge on any atom is 0.453 e. The van der Waals surface area contributed by atoms with Crippen LogP contribution < -0.4 is 0 Å². The summed E-state index contributed by atoms with van der Waals surface area (Å²) in [6, 6.07) is 14.6. The summed E-state index contributed by atoms with van der Waals surface area (Å²) in [6.07, 6.45) is -2.67. The Morgan fingerprint density at radius 1 is 0.889 bits per heavy atom. The molecule has 3 nitrogen and oxygen atoms in total. The van der Waals surface area contributed by atoms with E-state index in [1.54, 1.807) is 36.0 Å². The summed E-state index contributed by atoms with van der Waals surface area (Å²) in [4.78, 5) is 4.80.